The lowest BCUT2D eigenvalue weighted by Crippen LogP contribution is -2.44. The largest absolute Gasteiger partial charge is 0.497 e. The number of carbonyl (C=O) groups excluding carboxylic acids is 3. The first-order valence-electron chi connectivity index (χ1n) is 8.95. The number of hydrogen-bond donors (Lipinski definition) is 2. The van der Waals surface area contributed by atoms with Crippen molar-refractivity contribution < 1.29 is 19.1 Å². The summed E-state index contributed by atoms with van der Waals surface area (Å²) in [6.45, 7) is 0. The predicted octanol–water partition coefficient (Wildman–Crippen LogP) is 2.89. The molecule has 0 radical (unpaired) electrons. The van der Waals surface area contributed by atoms with Gasteiger partial charge in [0.2, 0.25) is 11.8 Å². The third-order valence-electron chi connectivity index (χ3n) is 4.66. The molecule has 1 atom stereocenters. The molecule has 2 aromatic carbocycles. The number of methoxy groups -OCH3 is 1. The zero-order valence-corrected chi connectivity index (χ0v) is 17.3. The molecule has 0 saturated carbocycles. The molecular weight excluding hydrogens is 410 g/mol. The van der Waals surface area contributed by atoms with Crippen molar-refractivity contribution in [1.29, 1.82) is 0 Å². The SMILES string of the molecule is COc1ccc(NC(=O)C2CSCN2C(=O)c2ccc3c(c2)NC(=O)CS3)cc1. The van der Waals surface area contributed by atoms with Crippen LogP contribution in [0.25, 0.3) is 0 Å². The molecule has 2 aromatic rings. The Morgan fingerprint density at radius 2 is 2.00 bits per heavy atom. The van der Waals surface area contributed by atoms with Gasteiger partial charge in [0.25, 0.3) is 5.91 Å². The number of ether oxygens (including phenoxy) is 1. The van der Waals surface area contributed by atoms with E-state index in [9.17, 15) is 14.4 Å². The topological polar surface area (TPSA) is 87.7 Å². The first-order valence-corrected chi connectivity index (χ1v) is 11.1. The third-order valence-corrected chi connectivity index (χ3v) is 6.75. The van der Waals surface area contributed by atoms with Crippen molar-refractivity contribution in [2.24, 2.45) is 0 Å². The molecule has 150 valence electrons. The number of rotatable bonds is 4. The zero-order valence-electron chi connectivity index (χ0n) is 15.6. The van der Waals surface area contributed by atoms with Gasteiger partial charge >= 0.3 is 0 Å². The minimum atomic E-state index is -0.561. The summed E-state index contributed by atoms with van der Waals surface area (Å²) in [6.07, 6.45) is 0. The molecule has 4 rings (SSSR count). The fraction of sp³-hybridized carbons (Fsp3) is 0.250. The van der Waals surface area contributed by atoms with E-state index in [0.717, 1.165) is 4.90 Å². The van der Waals surface area contributed by atoms with Crippen LogP contribution in [0.2, 0.25) is 0 Å². The van der Waals surface area contributed by atoms with Gasteiger partial charge in [0, 0.05) is 21.9 Å². The fourth-order valence-corrected chi connectivity index (χ4v) is 5.08. The van der Waals surface area contributed by atoms with Gasteiger partial charge in [-0.3, -0.25) is 14.4 Å². The van der Waals surface area contributed by atoms with Crippen LogP contribution in [0.3, 0.4) is 0 Å². The average molecular weight is 430 g/mol. The molecule has 0 spiro atoms. The summed E-state index contributed by atoms with van der Waals surface area (Å²) in [7, 11) is 1.58. The number of hydrogen-bond acceptors (Lipinski definition) is 6. The van der Waals surface area contributed by atoms with Gasteiger partial charge < -0.3 is 20.3 Å². The standard InChI is InChI=1S/C20H19N3O4S2/c1-27-14-5-3-13(4-6-14)21-19(25)16-9-28-11-23(16)20(26)12-2-7-17-15(8-12)22-18(24)10-29-17/h2-8,16H,9-11H2,1H3,(H,21,25)(H,22,24). The second-order valence-electron chi connectivity index (χ2n) is 6.56. The second kappa shape index (κ2) is 8.38. The van der Waals surface area contributed by atoms with E-state index in [0.29, 0.717) is 40.1 Å². The van der Waals surface area contributed by atoms with Crippen LogP contribution in [0, 0.1) is 0 Å². The van der Waals surface area contributed by atoms with E-state index >= 15 is 0 Å². The van der Waals surface area contributed by atoms with E-state index in [-0.39, 0.29) is 17.7 Å². The number of amides is 3. The lowest BCUT2D eigenvalue weighted by molar-refractivity contribution is -0.119. The molecular formula is C20H19N3O4S2. The summed E-state index contributed by atoms with van der Waals surface area (Å²) >= 11 is 2.98. The molecule has 29 heavy (non-hydrogen) atoms. The molecule has 9 heteroatoms. The predicted molar refractivity (Wildman–Crippen MR) is 115 cm³/mol. The second-order valence-corrected chi connectivity index (χ2v) is 8.57. The van der Waals surface area contributed by atoms with Gasteiger partial charge in [-0.25, -0.2) is 0 Å². The highest BCUT2D eigenvalue weighted by molar-refractivity contribution is 8.00. The number of nitrogens with zero attached hydrogens (tertiary/aromatic N) is 1. The Kier molecular flexibility index (Phi) is 5.68. The molecule has 1 fully saturated rings. The Balaban J connectivity index is 1.48. The Labute approximate surface area is 176 Å². The van der Waals surface area contributed by atoms with Crippen molar-refractivity contribution in [3.63, 3.8) is 0 Å². The number of nitrogens with one attached hydrogen (secondary N) is 2. The number of benzene rings is 2. The molecule has 7 nitrogen and oxygen atoms in total. The number of anilines is 2. The monoisotopic (exact) mass is 429 g/mol. The van der Waals surface area contributed by atoms with Gasteiger partial charge in [0.05, 0.1) is 24.4 Å². The fourth-order valence-electron chi connectivity index (χ4n) is 3.14. The molecule has 1 unspecified atom stereocenters. The molecule has 2 N–H and O–H groups in total. The average Bonchev–Trinajstić information content (AvgIpc) is 3.23. The van der Waals surface area contributed by atoms with Crippen LogP contribution < -0.4 is 15.4 Å². The molecule has 0 aromatic heterocycles. The first-order chi connectivity index (χ1) is 14.0. The highest BCUT2D eigenvalue weighted by atomic mass is 32.2. The van der Waals surface area contributed by atoms with Crippen LogP contribution in [0.4, 0.5) is 11.4 Å². The highest BCUT2D eigenvalue weighted by Crippen LogP contribution is 2.33. The summed E-state index contributed by atoms with van der Waals surface area (Å²) in [5.41, 5.74) is 1.74. The summed E-state index contributed by atoms with van der Waals surface area (Å²) < 4.78 is 5.12. The van der Waals surface area contributed by atoms with Crippen LogP contribution in [0.1, 0.15) is 10.4 Å². The molecule has 3 amide bonds. The van der Waals surface area contributed by atoms with Crippen LogP contribution >= 0.6 is 23.5 Å². The van der Waals surface area contributed by atoms with E-state index in [1.165, 1.54) is 23.5 Å². The minimum absolute atomic E-state index is 0.0828. The van der Waals surface area contributed by atoms with E-state index in [1.54, 1.807) is 48.4 Å². The van der Waals surface area contributed by atoms with Gasteiger partial charge in [0.15, 0.2) is 0 Å². The van der Waals surface area contributed by atoms with Gasteiger partial charge in [-0.15, -0.1) is 23.5 Å². The molecule has 2 aliphatic rings. The van der Waals surface area contributed by atoms with Crippen molar-refractivity contribution in [1.82, 2.24) is 4.90 Å². The van der Waals surface area contributed by atoms with Gasteiger partial charge in [-0.05, 0) is 42.5 Å². The minimum Gasteiger partial charge on any atom is -0.497 e. The van der Waals surface area contributed by atoms with Crippen molar-refractivity contribution >= 4 is 52.6 Å². The van der Waals surface area contributed by atoms with Crippen LogP contribution in [-0.2, 0) is 9.59 Å². The van der Waals surface area contributed by atoms with Gasteiger partial charge in [0.1, 0.15) is 11.8 Å². The number of carbonyl (C=O) groups is 3. The van der Waals surface area contributed by atoms with E-state index < -0.39 is 6.04 Å². The van der Waals surface area contributed by atoms with E-state index in [1.807, 2.05) is 6.07 Å². The molecule has 0 aliphatic carbocycles. The van der Waals surface area contributed by atoms with E-state index in [4.69, 9.17) is 4.74 Å². The van der Waals surface area contributed by atoms with Crippen molar-refractivity contribution in [3.8, 4) is 5.75 Å². The normalized spacial score (nSPS) is 18.0. The van der Waals surface area contributed by atoms with E-state index in [2.05, 4.69) is 10.6 Å². The maximum atomic E-state index is 13.1. The Morgan fingerprint density at radius 3 is 2.76 bits per heavy atom. The van der Waals surface area contributed by atoms with Crippen molar-refractivity contribution in [2.75, 3.05) is 35.1 Å². The summed E-state index contributed by atoms with van der Waals surface area (Å²) in [4.78, 5) is 40.0. The van der Waals surface area contributed by atoms with Crippen molar-refractivity contribution in [2.45, 2.75) is 10.9 Å². The van der Waals surface area contributed by atoms with Crippen LogP contribution in [0.5, 0.6) is 5.75 Å². The lowest BCUT2D eigenvalue weighted by atomic mass is 10.1. The van der Waals surface area contributed by atoms with Gasteiger partial charge in [-0.1, -0.05) is 0 Å². The molecule has 2 aliphatic heterocycles. The third kappa shape index (κ3) is 4.20. The van der Waals surface area contributed by atoms with Crippen LogP contribution in [-0.4, -0.2) is 53.2 Å². The smallest absolute Gasteiger partial charge is 0.255 e. The summed E-state index contributed by atoms with van der Waals surface area (Å²) in [5, 5.41) is 5.66. The maximum Gasteiger partial charge on any atom is 0.255 e. The summed E-state index contributed by atoms with van der Waals surface area (Å²) in [6, 6.07) is 11.7. The Bertz CT molecular complexity index is 965. The van der Waals surface area contributed by atoms with Gasteiger partial charge in [-0.2, -0.15) is 0 Å². The quantitative estimate of drug-likeness (QED) is 0.777. The number of thioether (sulfide) groups is 2. The van der Waals surface area contributed by atoms with Crippen LogP contribution in [0.15, 0.2) is 47.4 Å². The number of fused-ring (bicyclic) bond motifs is 1. The first kappa shape index (κ1) is 19.7. The molecule has 1 saturated heterocycles. The highest BCUT2D eigenvalue weighted by Gasteiger charge is 2.35. The summed E-state index contributed by atoms with van der Waals surface area (Å²) in [5.74, 6) is 1.52. The maximum absolute atomic E-state index is 13.1. The zero-order chi connectivity index (χ0) is 20.4. The van der Waals surface area contributed by atoms with Crippen molar-refractivity contribution in [3.05, 3.63) is 48.0 Å². The lowest BCUT2D eigenvalue weighted by Gasteiger charge is -2.24. The molecule has 2 heterocycles. The Morgan fingerprint density at radius 1 is 1.21 bits per heavy atom. The molecule has 0 bridgehead atoms. The Hall–Kier alpha value is -2.65.